The lowest BCUT2D eigenvalue weighted by Gasteiger charge is -2.25. The van der Waals surface area contributed by atoms with Gasteiger partial charge in [0.1, 0.15) is 0 Å². The number of rotatable bonds is 5. The fourth-order valence-electron chi connectivity index (χ4n) is 2.17. The average molecular weight is 253 g/mol. The number of halogens is 1. The van der Waals surface area contributed by atoms with Crippen LogP contribution in [-0.4, -0.2) is 12.6 Å². The fourth-order valence-corrected chi connectivity index (χ4v) is 2.46. The van der Waals surface area contributed by atoms with Crippen LogP contribution in [-0.2, 0) is 0 Å². The third kappa shape index (κ3) is 2.93. The zero-order valence-electron chi connectivity index (χ0n) is 10.6. The Morgan fingerprint density at radius 2 is 2.18 bits per heavy atom. The van der Waals surface area contributed by atoms with Gasteiger partial charge in [-0.25, -0.2) is 0 Å². The van der Waals surface area contributed by atoms with Crippen LogP contribution in [0.3, 0.4) is 0 Å². The lowest BCUT2D eigenvalue weighted by atomic mass is 10.1. The molecule has 3 heteroatoms. The SMILES string of the molecule is CCCN(c1ccc([C@H](C)N)cc1Cl)C1CC1. The van der Waals surface area contributed by atoms with Gasteiger partial charge >= 0.3 is 0 Å². The first-order valence-corrected chi connectivity index (χ1v) is 6.83. The van der Waals surface area contributed by atoms with Gasteiger partial charge in [0.05, 0.1) is 10.7 Å². The third-order valence-electron chi connectivity index (χ3n) is 3.26. The van der Waals surface area contributed by atoms with Crippen molar-refractivity contribution in [1.82, 2.24) is 0 Å². The highest BCUT2D eigenvalue weighted by molar-refractivity contribution is 6.33. The summed E-state index contributed by atoms with van der Waals surface area (Å²) in [5.41, 5.74) is 8.14. The summed E-state index contributed by atoms with van der Waals surface area (Å²) in [6.07, 6.45) is 3.75. The van der Waals surface area contributed by atoms with E-state index in [9.17, 15) is 0 Å². The molecule has 0 heterocycles. The standard InChI is InChI=1S/C14H21ClN2/c1-3-8-17(12-5-6-12)14-7-4-11(10(2)16)9-13(14)15/h4,7,9-10,12H,3,5-6,8,16H2,1-2H3/t10-/m0/s1. The molecule has 0 spiro atoms. The monoisotopic (exact) mass is 252 g/mol. The first kappa shape index (κ1) is 12.7. The molecule has 0 unspecified atom stereocenters. The van der Waals surface area contributed by atoms with Crippen LogP contribution in [0.25, 0.3) is 0 Å². The predicted molar refractivity (Wildman–Crippen MR) is 74.7 cm³/mol. The molecule has 2 rings (SSSR count). The molecule has 1 aromatic rings. The van der Waals surface area contributed by atoms with Gasteiger partial charge in [0.25, 0.3) is 0 Å². The van der Waals surface area contributed by atoms with E-state index >= 15 is 0 Å². The van der Waals surface area contributed by atoms with Crippen molar-refractivity contribution in [2.24, 2.45) is 5.73 Å². The first-order valence-electron chi connectivity index (χ1n) is 6.45. The van der Waals surface area contributed by atoms with Crippen LogP contribution < -0.4 is 10.6 Å². The molecule has 0 aromatic heterocycles. The summed E-state index contributed by atoms with van der Waals surface area (Å²) in [4.78, 5) is 2.44. The molecule has 0 saturated heterocycles. The molecule has 1 fully saturated rings. The zero-order valence-corrected chi connectivity index (χ0v) is 11.4. The van der Waals surface area contributed by atoms with Crippen molar-refractivity contribution in [2.75, 3.05) is 11.4 Å². The van der Waals surface area contributed by atoms with Gasteiger partial charge in [-0.15, -0.1) is 0 Å². The summed E-state index contributed by atoms with van der Waals surface area (Å²) in [6.45, 7) is 5.28. The Kier molecular flexibility index (Phi) is 3.95. The number of nitrogens with zero attached hydrogens (tertiary/aromatic N) is 1. The Labute approximate surface area is 109 Å². The smallest absolute Gasteiger partial charge is 0.0642 e. The molecule has 1 aliphatic carbocycles. The molecule has 94 valence electrons. The highest BCUT2D eigenvalue weighted by Gasteiger charge is 2.29. The van der Waals surface area contributed by atoms with Gasteiger partial charge in [0.2, 0.25) is 0 Å². The maximum atomic E-state index is 6.38. The highest BCUT2D eigenvalue weighted by Crippen LogP contribution is 2.36. The lowest BCUT2D eigenvalue weighted by Crippen LogP contribution is -2.26. The summed E-state index contributed by atoms with van der Waals surface area (Å²) >= 11 is 6.38. The van der Waals surface area contributed by atoms with Gasteiger partial charge in [0.15, 0.2) is 0 Å². The number of hydrogen-bond acceptors (Lipinski definition) is 2. The van der Waals surface area contributed by atoms with E-state index in [0.717, 1.165) is 23.6 Å². The second-order valence-corrected chi connectivity index (χ2v) is 5.33. The maximum Gasteiger partial charge on any atom is 0.0642 e. The Morgan fingerprint density at radius 1 is 1.47 bits per heavy atom. The van der Waals surface area contributed by atoms with Gasteiger partial charge in [-0.1, -0.05) is 24.6 Å². The molecule has 1 saturated carbocycles. The first-order chi connectivity index (χ1) is 8.13. The molecule has 0 radical (unpaired) electrons. The maximum absolute atomic E-state index is 6.38. The van der Waals surface area contributed by atoms with Crippen LogP contribution in [0.2, 0.25) is 5.02 Å². The second kappa shape index (κ2) is 5.28. The number of nitrogens with two attached hydrogens (primary N) is 1. The van der Waals surface area contributed by atoms with Crippen molar-refractivity contribution < 1.29 is 0 Å². The van der Waals surface area contributed by atoms with Crippen molar-refractivity contribution in [3.05, 3.63) is 28.8 Å². The van der Waals surface area contributed by atoms with Crippen LogP contribution in [0, 0.1) is 0 Å². The summed E-state index contributed by atoms with van der Waals surface area (Å²) in [7, 11) is 0. The third-order valence-corrected chi connectivity index (χ3v) is 3.56. The van der Waals surface area contributed by atoms with Crippen molar-refractivity contribution in [1.29, 1.82) is 0 Å². The van der Waals surface area contributed by atoms with Crippen LogP contribution in [0.15, 0.2) is 18.2 Å². The topological polar surface area (TPSA) is 29.3 Å². The second-order valence-electron chi connectivity index (χ2n) is 4.92. The van der Waals surface area contributed by atoms with E-state index in [1.54, 1.807) is 0 Å². The molecular weight excluding hydrogens is 232 g/mol. The molecule has 1 aromatic carbocycles. The van der Waals surface area contributed by atoms with E-state index in [1.165, 1.54) is 18.5 Å². The summed E-state index contributed by atoms with van der Waals surface area (Å²) in [5.74, 6) is 0. The minimum Gasteiger partial charge on any atom is -0.367 e. The normalized spacial score (nSPS) is 16.9. The highest BCUT2D eigenvalue weighted by atomic mass is 35.5. The van der Waals surface area contributed by atoms with Gasteiger partial charge in [-0.3, -0.25) is 0 Å². The van der Waals surface area contributed by atoms with Crippen LogP contribution in [0.5, 0.6) is 0 Å². The zero-order chi connectivity index (χ0) is 12.4. The lowest BCUT2D eigenvalue weighted by molar-refractivity contribution is 0.761. The van der Waals surface area contributed by atoms with E-state index in [2.05, 4.69) is 24.0 Å². The molecule has 0 bridgehead atoms. The van der Waals surface area contributed by atoms with E-state index in [0.29, 0.717) is 6.04 Å². The quantitative estimate of drug-likeness (QED) is 0.865. The molecule has 0 amide bonds. The Hall–Kier alpha value is -0.730. The van der Waals surface area contributed by atoms with E-state index in [4.69, 9.17) is 17.3 Å². The number of benzene rings is 1. The Bertz CT molecular complexity index is 386. The van der Waals surface area contributed by atoms with Gasteiger partial charge in [-0.2, -0.15) is 0 Å². The average Bonchev–Trinajstić information content (AvgIpc) is 3.10. The van der Waals surface area contributed by atoms with Crippen molar-refractivity contribution in [2.45, 2.75) is 45.2 Å². The minimum absolute atomic E-state index is 0.0436. The molecule has 1 atom stereocenters. The Morgan fingerprint density at radius 3 is 2.65 bits per heavy atom. The predicted octanol–water partition coefficient (Wildman–Crippen LogP) is 3.74. The molecular formula is C14H21ClN2. The molecule has 2 nitrogen and oxygen atoms in total. The summed E-state index contributed by atoms with van der Waals surface area (Å²) in [5, 5.41) is 0.833. The van der Waals surface area contributed by atoms with Gasteiger partial charge < -0.3 is 10.6 Å². The minimum atomic E-state index is 0.0436. The molecule has 1 aliphatic rings. The van der Waals surface area contributed by atoms with Crippen LogP contribution in [0.1, 0.15) is 44.7 Å². The fraction of sp³-hybridized carbons (Fsp3) is 0.571. The van der Waals surface area contributed by atoms with E-state index in [-0.39, 0.29) is 6.04 Å². The Balaban J connectivity index is 2.24. The van der Waals surface area contributed by atoms with Crippen LogP contribution in [0.4, 0.5) is 5.69 Å². The number of hydrogen-bond donors (Lipinski definition) is 1. The van der Waals surface area contributed by atoms with Gasteiger partial charge in [-0.05, 0) is 43.9 Å². The largest absolute Gasteiger partial charge is 0.367 e. The molecule has 2 N–H and O–H groups in total. The van der Waals surface area contributed by atoms with Crippen molar-refractivity contribution >= 4 is 17.3 Å². The van der Waals surface area contributed by atoms with Crippen molar-refractivity contribution in [3.63, 3.8) is 0 Å². The summed E-state index contributed by atoms with van der Waals surface area (Å²) < 4.78 is 0. The molecule has 0 aliphatic heterocycles. The summed E-state index contributed by atoms with van der Waals surface area (Å²) in [6, 6.07) is 6.97. The number of anilines is 1. The molecule has 17 heavy (non-hydrogen) atoms. The van der Waals surface area contributed by atoms with Crippen LogP contribution >= 0.6 is 11.6 Å². The van der Waals surface area contributed by atoms with E-state index in [1.807, 2.05) is 13.0 Å². The van der Waals surface area contributed by atoms with Crippen molar-refractivity contribution in [3.8, 4) is 0 Å². The van der Waals surface area contributed by atoms with E-state index < -0.39 is 0 Å². The van der Waals surface area contributed by atoms with Gasteiger partial charge in [0, 0.05) is 18.6 Å².